The zero-order valence-corrected chi connectivity index (χ0v) is 11.0. The Kier molecular flexibility index (Phi) is 3.60. The number of rotatable bonds is 2. The van der Waals surface area contributed by atoms with Crippen LogP contribution in [0.4, 0.5) is 5.69 Å². The molecular weight excluding hydrogens is 238 g/mol. The third-order valence-corrected chi connectivity index (χ3v) is 3.99. The number of pyridine rings is 1. The van der Waals surface area contributed by atoms with Crippen LogP contribution in [0.3, 0.4) is 0 Å². The molecule has 100 valence electrons. The van der Waals surface area contributed by atoms with Crippen LogP contribution in [0.5, 0.6) is 0 Å². The van der Waals surface area contributed by atoms with Gasteiger partial charge in [0.15, 0.2) is 0 Å². The number of fused-ring (bicyclic) bond motifs is 2. The molecule has 1 amide bonds. The lowest BCUT2D eigenvalue weighted by molar-refractivity contribution is -0.112. The van der Waals surface area contributed by atoms with Crippen molar-refractivity contribution in [3.63, 3.8) is 0 Å². The number of nitrogens with zero attached hydrogens (tertiary/aromatic N) is 2. The molecule has 1 aromatic rings. The van der Waals surface area contributed by atoms with Gasteiger partial charge in [-0.3, -0.25) is 9.78 Å². The van der Waals surface area contributed by atoms with Gasteiger partial charge in [-0.1, -0.05) is 5.57 Å². The van der Waals surface area contributed by atoms with E-state index in [-0.39, 0.29) is 5.91 Å². The molecule has 1 aromatic heterocycles. The first-order chi connectivity index (χ1) is 9.31. The van der Waals surface area contributed by atoms with Gasteiger partial charge in [-0.2, -0.15) is 0 Å². The van der Waals surface area contributed by atoms with E-state index in [0.717, 1.165) is 25.2 Å². The van der Waals surface area contributed by atoms with Gasteiger partial charge in [-0.15, -0.1) is 0 Å². The summed E-state index contributed by atoms with van der Waals surface area (Å²) >= 11 is 0. The maximum atomic E-state index is 12.0. The van der Waals surface area contributed by atoms with Crippen LogP contribution in [0, 0.1) is 5.92 Å². The number of aromatic nitrogens is 1. The lowest BCUT2D eigenvalue weighted by Gasteiger charge is -2.39. The van der Waals surface area contributed by atoms with Gasteiger partial charge >= 0.3 is 0 Å². The van der Waals surface area contributed by atoms with Crippen molar-refractivity contribution in [3.05, 3.63) is 36.2 Å². The van der Waals surface area contributed by atoms with Crippen LogP contribution in [-0.4, -0.2) is 35.4 Å². The maximum absolute atomic E-state index is 12.0. The van der Waals surface area contributed by atoms with Crippen LogP contribution in [0.2, 0.25) is 0 Å². The minimum Gasteiger partial charge on any atom is -0.321 e. The van der Waals surface area contributed by atoms with Gasteiger partial charge < -0.3 is 10.2 Å². The molecule has 3 heterocycles. The number of carbonyl (C=O) groups is 1. The Bertz CT molecular complexity index is 483. The highest BCUT2D eigenvalue weighted by atomic mass is 16.1. The number of piperidine rings is 2. The summed E-state index contributed by atoms with van der Waals surface area (Å²) in [5.74, 6) is 0.559. The number of nitrogens with one attached hydrogen (secondary N) is 1. The monoisotopic (exact) mass is 257 g/mol. The van der Waals surface area contributed by atoms with Crippen LogP contribution >= 0.6 is 0 Å². The first kappa shape index (κ1) is 12.4. The van der Waals surface area contributed by atoms with E-state index in [4.69, 9.17) is 0 Å². The summed E-state index contributed by atoms with van der Waals surface area (Å²) in [5, 5.41) is 2.87. The van der Waals surface area contributed by atoms with Crippen molar-refractivity contribution in [1.29, 1.82) is 0 Å². The van der Waals surface area contributed by atoms with Crippen LogP contribution in [0.1, 0.15) is 19.3 Å². The minimum atomic E-state index is -0.0259. The van der Waals surface area contributed by atoms with E-state index in [1.165, 1.54) is 25.0 Å². The van der Waals surface area contributed by atoms with E-state index >= 15 is 0 Å². The van der Waals surface area contributed by atoms with Crippen LogP contribution in [0.15, 0.2) is 36.2 Å². The Hall–Kier alpha value is -1.68. The summed E-state index contributed by atoms with van der Waals surface area (Å²) < 4.78 is 0. The third kappa shape index (κ3) is 3.01. The van der Waals surface area contributed by atoms with Gasteiger partial charge in [-0.25, -0.2) is 0 Å². The van der Waals surface area contributed by atoms with Crippen molar-refractivity contribution < 1.29 is 4.79 Å². The zero-order chi connectivity index (χ0) is 13.1. The van der Waals surface area contributed by atoms with E-state index in [9.17, 15) is 4.79 Å². The van der Waals surface area contributed by atoms with Gasteiger partial charge in [0.05, 0.1) is 11.9 Å². The average Bonchev–Trinajstić information content (AvgIpc) is 2.44. The Labute approximate surface area is 113 Å². The normalized spacial score (nSPS) is 28.1. The van der Waals surface area contributed by atoms with Gasteiger partial charge in [0.1, 0.15) is 0 Å². The molecule has 2 unspecified atom stereocenters. The molecule has 2 aliphatic rings. The molecular formula is C15H19N3O. The van der Waals surface area contributed by atoms with Crippen LogP contribution in [-0.2, 0) is 4.79 Å². The SMILES string of the molecule is O=C(C=C1CCN2CCCC1C2)Nc1cccnc1. The quantitative estimate of drug-likeness (QED) is 0.825. The first-order valence-corrected chi connectivity index (χ1v) is 6.95. The van der Waals surface area contributed by atoms with Crippen LogP contribution < -0.4 is 5.32 Å². The second kappa shape index (κ2) is 5.53. The topological polar surface area (TPSA) is 45.2 Å². The summed E-state index contributed by atoms with van der Waals surface area (Å²) in [6.07, 6.45) is 8.69. The molecule has 4 nitrogen and oxygen atoms in total. The first-order valence-electron chi connectivity index (χ1n) is 6.95. The largest absolute Gasteiger partial charge is 0.321 e. The molecule has 2 aliphatic heterocycles. The highest BCUT2D eigenvalue weighted by molar-refractivity contribution is 5.99. The molecule has 0 aromatic carbocycles. The third-order valence-electron chi connectivity index (χ3n) is 3.99. The predicted molar refractivity (Wildman–Crippen MR) is 74.7 cm³/mol. The number of carbonyl (C=O) groups excluding carboxylic acids is 1. The smallest absolute Gasteiger partial charge is 0.248 e. The number of hydrogen-bond acceptors (Lipinski definition) is 3. The maximum Gasteiger partial charge on any atom is 0.248 e. The van der Waals surface area contributed by atoms with Crippen molar-refractivity contribution in [2.75, 3.05) is 25.0 Å². The lowest BCUT2D eigenvalue weighted by Crippen LogP contribution is -2.41. The van der Waals surface area contributed by atoms with E-state index in [0.29, 0.717) is 5.92 Å². The summed E-state index contributed by atoms with van der Waals surface area (Å²) in [4.78, 5) is 18.5. The molecule has 0 spiro atoms. The molecule has 2 saturated heterocycles. The molecule has 2 bridgehead atoms. The minimum absolute atomic E-state index is 0.0259. The molecule has 1 N–H and O–H groups in total. The van der Waals surface area contributed by atoms with E-state index in [1.54, 1.807) is 18.5 Å². The predicted octanol–water partition coefficient (Wildman–Crippen LogP) is 2.06. The fraction of sp³-hybridized carbons (Fsp3) is 0.467. The highest BCUT2D eigenvalue weighted by Gasteiger charge is 2.27. The Morgan fingerprint density at radius 1 is 1.47 bits per heavy atom. The Balaban J connectivity index is 1.66. The molecule has 2 atom stereocenters. The number of hydrogen-bond donors (Lipinski definition) is 1. The van der Waals surface area contributed by atoms with Crippen molar-refractivity contribution in [3.8, 4) is 0 Å². The van der Waals surface area contributed by atoms with Crippen molar-refractivity contribution in [1.82, 2.24) is 9.88 Å². The fourth-order valence-corrected chi connectivity index (χ4v) is 3.03. The summed E-state index contributed by atoms with van der Waals surface area (Å²) in [5.41, 5.74) is 2.07. The Morgan fingerprint density at radius 3 is 3.26 bits per heavy atom. The van der Waals surface area contributed by atoms with Crippen molar-refractivity contribution in [2.45, 2.75) is 19.3 Å². The molecule has 0 aliphatic carbocycles. The molecule has 3 rings (SSSR count). The van der Waals surface area contributed by atoms with Gasteiger partial charge in [-0.05, 0) is 43.9 Å². The summed E-state index contributed by atoms with van der Waals surface area (Å²) in [6, 6.07) is 3.68. The number of amides is 1. The molecule has 0 radical (unpaired) electrons. The Morgan fingerprint density at radius 2 is 2.42 bits per heavy atom. The zero-order valence-electron chi connectivity index (χ0n) is 11.0. The standard InChI is InChI=1S/C15H19N3O/c19-15(17-14-4-1-6-16-10-14)9-12-5-8-18-7-2-3-13(12)11-18/h1,4,6,9-10,13H,2-3,5,7-8,11H2,(H,17,19). The number of anilines is 1. The molecule has 19 heavy (non-hydrogen) atoms. The van der Waals surface area contributed by atoms with Crippen molar-refractivity contribution >= 4 is 11.6 Å². The second-order valence-corrected chi connectivity index (χ2v) is 5.34. The second-order valence-electron chi connectivity index (χ2n) is 5.34. The molecule has 4 heteroatoms. The average molecular weight is 257 g/mol. The van der Waals surface area contributed by atoms with E-state index < -0.39 is 0 Å². The van der Waals surface area contributed by atoms with E-state index in [2.05, 4.69) is 15.2 Å². The summed E-state index contributed by atoms with van der Waals surface area (Å²) in [7, 11) is 0. The lowest BCUT2D eigenvalue weighted by atomic mass is 9.84. The fourth-order valence-electron chi connectivity index (χ4n) is 3.03. The van der Waals surface area contributed by atoms with E-state index in [1.807, 2.05) is 12.1 Å². The van der Waals surface area contributed by atoms with Gasteiger partial charge in [0.2, 0.25) is 5.91 Å². The molecule has 2 fully saturated rings. The van der Waals surface area contributed by atoms with Crippen LogP contribution in [0.25, 0.3) is 0 Å². The molecule has 0 saturated carbocycles. The highest BCUT2D eigenvalue weighted by Crippen LogP contribution is 2.30. The summed E-state index contributed by atoms with van der Waals surface area (Å²) in [6.45, 7) is 3.46. The van der Waals surface area contributed by atoms with Gasteiger partial charge in [0, 0.05) is 25.4 Å². The van der Waals surface area contributed by atoms with Crippen molar-refractivity contribution in [2.24, 2.45) is 5.92 Å². The van der Waals surface area contributed by atoms with Gasteiger partial charge in [0.25, 0.3) is 0 Å².